The van der Waals surface area contributed by atoms with E-state index < -0.39 is 5.97 Å². The van der Waals surface area contributed by atoms with E-state index in [-0.39, 0.29) is 18.4 Å². The first-order valence-electron chi connectivity index (χ1n) is 12.6. The highest BCUT2D eigenvalue weighted by molar-refractivity contribution is 5.67. The van der Waals surface area contributed by atoms with Crippen LogP contribution in [0.4, 0.5) is 0 Å². The molecule has 186 valence electrons. The molecule has 0 bridgehead atoms. The van der Waals surface area contributed by atoms with Crippen LogP contribution in [-0.2, 0) is 11.2 Å². The Morgan fingerprint density at radius 1 is 1.09 bits per heavy atom. The molecule has 0 saturated heterocycles. The molecule has 1 fully saturated rings. The van der Waals surface area contributed by atoms with Gasteiger partial charge in [0, 0.05) is 12.0 Å². The number of aliphatic carboxylic acids is 1. The average molecular weight is 478 g/mol. The maximum atomic E-state index is 10.9. The molecule has 6 heteroatoms. The molecule has 1 aliphatic carbocycles. The van der Waals surface area contributed by atoms with Crippen LogP contribution in [0, 0.1) is 6.92 Å². The molecule has 1 unspecified atom stereocenters. The topological polar surface area (TPSA) is 81.8 Å². The van der Waals surface area contributed by atoms with Crippen LogP contribution >= 0.6 is 0 Å². The highest BCUT2D eigenvalue weighted by Gasteiger charge is 2.24. The van der Waals surface area contributed by atoms with Crippen molar-refractivity contribution >= 4 is 5.97 Å². The Bertz CT molecular complexity index is 1140. The van der Waals surface area contributed by atoms with Gasteiger partial charge < -0.3 is 19.0 Å². The van der Waals surface area contributed by atoms with Crippen LogP contribution in [0.15, 0.2) is 46.9 Å². The standard InChI is InChI=1S/C29H35NO5/c1-18(2)27-28(20(4)33-25-15-9-21(19(3)17-25)12-16-26(31)32)35-29(30-27)22-10-13-24(14-11-22)34-23-7-5-6-8-23/h9-11,13-15,17-18,20,23H,5-8,12,16H2,1-4H3,(H,31,32). The van der Waals surface area contributed by atoms with Crippen LogP contribution in [0.25, 0.3) is 11.5 Å². The van der Waals surface area contributed by atoms with E-state index in [0.717, 1.165) is 46.7 Å². The predicted octanol–water partition coefficient (Wildman–Crippen LogP) is 7.25. The van der Waals surface area contributed by atoms with E-state index in [1.165, 1.54) is 12.8 Å². The predicted molar refractivity (Wildman–Crippen MR) is 135 cm³/mol. The molecule has 1 saturated carbocycles. The van der Waals surface area contributed by atoms with Crippen LogP contribution in [-0.4, -0.2) is 22.2 Å². The van der Waals surface area contributed by atoms with Crippen LogP contribution in [0.3, 0.4) is 0 Å². The zero-order chi connectivity index (χ0) is 24.9. The Morgan fingerprint density at radius 2 is 1.77 bits per heavy atom. The summed E-state index contributed by atoms with van der Waals surface area (Å²) in [5, 5.41) is 8.94. The number of ether oxygens (including phenoxy) is 2. The van der Waals surface area contributed by atoms with Gasteiger partial charge >= 0.3 is 5.97 Å². The third-order valence-electron chi connectivity index (χ3n) is 6.54. The molecule has 1 aromatic heterocycles. The SMILES string of the molecule is Cc1cc(OC(C)c2oc(-c3ccc(OC4CCCC4)cc3)nc2C(C)C)ccc1CCC(=O)O. The van der Waals surface area contributed by atoms with Crippen molar-refractivity contribution in [2.24, 2.45) is 0 Å². The van der Waals surface area contributed by atoms with E-state index in [1.54, 1.807) is 0 Å². The number of aryl methyl sites for hydroxylation is 2. The van der Waals surface area contributed by atoms with Gasteiger partial charge in [0.15, 0.2) is 11.9 Å². The number of nitrogens with zero attached hydrogens (tertiary/aromatic N) is 1. The molecule has 0 radical (unpaired) electrons. The fourth-order valence-electron chi connectivity index (χ4n) is 4.57. The molecule has 0 spiro atoms. The molecular weight excluding hydrogens is 442 g/mol. The Kier molecular flexibility index (Phi) is 7.79. The monoisotopic (exact) mass is 477 g/mol. The number of hydrogen-bond acceptors (Lipinski definition) is 5. The summed E-state index contributed by atoms with van der Waals surface area (Å²) in [6.45, 7) is 8.12. The minimum absolute atomic E-state index is 0.115. The number of aromatic nitrogens is 1. The van der Waals surface area contributed by atoms with E-state index in [2.05, 4.69) is 13.8 Å². The van der Waals surface area contributed by atoms with Gasteiger partial charge in [0.1, 0.15) is 11.5 Å². The second kappa shape index (κ2) is 11.0. The summed E-state index contributed by atoms with van der Waals surface area (Å²) < 4.78 is 18.6. The van der Waals surface area contributed by atoms with Crippen molar-refractivity contribution < 1.29 is 23.8 Å². The normalized spacial score (nSPS) is 14.9. The highest BCUT2D eigenvalue weighted by Crippen LogP contribution is 2.34. The van der Waals surface area contributed by atoms with E-state index in [0.29, 0.717) is 24.2 Å². The van der Waals surface area contributed by atoms with E-state index in [9.17, 15) is 4.79 Å². The van der Waals surface area contributed by atoms with Gasteiger partial charge in [-0.3, -0.25) is 4.79 Å². The highest BCUT2D eigenvalue weighted by atomic mass is 16.5. The molecule has 4 rings (SSSR count). The van der Waals surface area contributed by atoms with E-state index in [4.69, 9.17) is 24.0 Å². The fraction of sp³-hybridized carbons (Fsp3) is 0.448. The molecule has 3 aromatic rings. The minimum Gasteiger partial charge on any atom is -0.490 e. The lowest BCUT2D eigenvalue weighted by atomic mass is 10.0. The van der Waals surface area contributed by atoms with Crippen LogP contribution in [0.5, 0.6) is 11.5 Å². The van der Waals surface area contributed by atoms with Crippen molar-refractivity contribution in [3.63, 3.8) is 0 Å². The number of carboxylic acids is 1. The van der Waals surface area contributed by atoms with Gasteiger partial charge in [0.05, 0.1) is 11.8 Å². The van der Waals surface area contributed by atoms with Gasteiger partial charge in [0.2, 0.25) is 5.89 Å². The quantitative estimate of drug-likeness (QED) is 0.331. The number of hydrogen-bond donors (Lipinski definition) is 1. The van der Waals surface area contributed by atoms with Crippen molar-refractivity contribution in [3.8, 4) is 23.0 Å². The zero-order valence-corrected chi connectivity index (χ0v) is 21.0. The van der Waals surface area contributed by atoms with Gasteiger partial charge in [-0.1, -0.05) is 19.9 Å². The second-order valence-electron chi connectivity index (χ2n) is 9.71. The van der Waals surface area contributed by atoms with Gasteiger partial charge in [-0.15, -0.1) is 0 Å². The molecule has 1 heterocycles. The molecule has 1 N–H and O–H groups in total. The van der Waals surface area contributed by atoms with Crippen molar-refractivity contribution in [2.45, 2.75) is 84.3 Å². The molecule has 2 aromatic carbocycles. The van der Waals surface area contributed by atoms with Crippen LogP contribution < -0.4 is 9.47 Å². The van der Waals surface area contributed by atoms with E-state index in [1.807, 2.05) is 56.3 Å². The van der Waals surface area contributed by atoms with Crippen molar-refractivity contribution in [3.05, 3.63) is 65.0 Å². The van der Waals surface area contributed by atoms with Crippen molar-refractivity contribution in [1.29, 1.82) is 0 Å². The first-order valence-corrected chi connectivity index (χ1v) is 12.6. The maximum absolute atomic E-state index is 10.9. The van der Waals surface area contributed by atoms with Gasteiger partial charge in [-0.25, -0.2) is 4.98 Å². The lowest BCUT2D eigenvalue weighted by molar-refractivity contribution is -0.136. The number of rotatable bonds is 10. The Morgan fingerprint density at radius 3 is 2.40 bits per heavy atom. The maximum Gasteiger partial charge on any atom is 0.303 e. The summed E-state index contributed by atoms with van der Waals surface area (Å²) in [5.74, 6) is 2.28. The van der Waals surface area contributed by atoms with Crippen molar-refractivity contribution in [1.82, 2.24) is 4.98 Å². The van der Waals surface area contributed by atoms with Crippen molar-refractivity contribution in [2.75, 3.05) is 0 Å². The Hall–Kier alpha value is -3.28. The molecule has 1 atom stereocenters. The summed E-state index contributed by atoms with van der Waals surface area (Å²) >= 11 is 0. The van der Waals surface area contributed by atoms with Crippen LogP contribution in [0.1, 0.15) is 87.5 Å². The minimum atomic E-state index is -0.795. The Balaban J connectivity index is 1.49. The first kappa shape index (κ1) is 24.8. The summed E-state index contributed by atoms with van der Waals surface area (Å²) in [4.78, 5) is 15.7. The second-order valence-corrected chi connectivity index (χ2v) is 9.71. The smallest absolute Gasteiger partial charge is 0.303 e. The molecular formula is C29H35NO5. The summed E-state index contributed by atoms with van der Waals surface area (Å²) in [6.07, 6.45) is 5.37. The molecule has 1 aliphatic rings. The van der Waals surface area contributed by atoms with Gasteiger partial charge in [-0.05, 0) is 99.4 Å². The van der Waals surface area contributed by atoms with E-state index >= 15 is 0 Å². The summed E-state index contributed by atoms with van der Waals surface area (Å²) in [5.41, 5.74) is 3.81. The number of oxazole rings is 1. The lowest BCUT2D eigenvalue weighted by Gasteiger charge is -2.16. The molecule has 0 amide bonds. The summed E-state index contributed by atoms with van der Waals surface area (Å²) in [7, 11) is 0. The number of carbonyl (C=O) groups is 1. The third kappa shape index (κ3) is 6.24. The number of carboxylic acid groups (broad SMARTS) is 1. The van der Waals surface area contributed by atoms with Gasteiger partial charge in [-0.2, -0.15) is 0 Å². The molecule has 0 aliphatic heterocycles. The van der Waals surface area contributed by atoms with Crippen LogP contribution in [0.2, 0.25) is 0 Å². The largest absolute Gasteiger partial charge is 0.490 e. The summed E-state index contributed by atoms with van der Waals surface area (Å²) in [6, 6.07) is 13.7. The first-order chi connectivity index (χ1) is 16.8. The fourth-order valence-corrected chi connectivity index (χ4v) is 4.57. The number of benzene rings is 2. The van der Waals surface area contributed by atoms with Gasteiger partial charge in [0.25, 0.3) is 0 Å². The zero-order valence-electron chi connectivity index (χ0n) is 21.0. The average Bonchev–Trinajstić information content (AvgIpc) is 3.49. The Labute approximate surface area is 207 Å². The molecule has 35 heavy (non-hydrogen) atoms. The molecule has 6 nitrogen and oxygen atoms in total. The third-order valence-corrected chi connectivity index (χ3v) is 6.54. The lowest BCUT2D eigenvalue weighted by Crippen LogP contribution is -2.10.